The first kappa shape index (κ1) is 21.5. The van der Waals surface area contributed by atoms with Gasteiger partial charge in [0.1, 0.15) is 0 Å². The number of hydrogen-bond donors (Lipinski definition) is 1. The number of piperazine rings is 1. The minimum absolute atomic E-state index is 0.396. The Hall–Kier alpha value is -3.36. The van der Waals surface area contributed by atoms with E-state index in [2.05, 4.69) is 20.9 Å². The Morgan fingerprint density at radius 2 is 1.64 bits per heavy atom. The van der Waals surface area contributed by atoms with Crippen molar-refractivity contribution in [1.29, 1.82) is 0 Å². The normalized spacial score (nSPS) is 14.8. The van der Waals surface area contributed by atoms with Gasteiger partial charge in [-0.25, -0.2) is 4.79 Å². The standard InChI is InChI=1S/C24H25ClN6O2/c1-28-21-20(22(32)27-24(28)33)31(15-17-7-3-2-4-8-17)23(26-21)30-13-11-29(12-14-30)16-18-9-5-6-10-19(18)25/h2-10H,11-16H2,1H3,(H,27,32,33). The van der Waals surface area contributed by atoms with Gasteiger partial charge in [-0.15, -0.1) is 0 Å². The van der Waals surface area contributed by atoms with Gasteiger partial charge in [-0.1, -0.05) is 60.1 Å². The van der Waals surface area contributed by atoms with Crippen molar-refractivity contribution in [3.8, 4) is 0 Å². The number of aromatic nitrogens is 4. The molecule has 170 valence electrons. The van der Waals surface area contributed by atoms with Gasteiger partial charge < -0.3 is 4.90 Å². The molecule has 0 spiro atoms. The zero-order valence-electron chi connectivity index (χ0n) is 18.4. The number of rotatable bonds is 5. The molecule has 4 aromatic rings. The van der Waals surface area contributed by atoms with Crippen LogP contribution in [0.5, 0.6) is 0 Å². The summed E-state index contributed by atoms with van der Waals surface area (Å²) in [5.41, 5.74) is 2.10. The van der Waals surface area contributed by atoms with E-state index in [1.807, 2.05) is 53.1 Å². The smallest absolute Gasteiger partial charge is 0.329 e. The Kier molecular flexibility index (Phi) is 5.78. The monoisotopic (exact) mass is 464 g/mol. The first-order valence-corrected chi connectivity index (χ1v) is 11.3. The van der Waals surface area contributed by atoms with Crippen molar-refractivity contribution >= 4 is 28.7 Å². The zero-order valence-corrected chi connectivity index (χ0v) is 19.1. The molecule has 1 N–H and O–H groups in total. The van der Waals surface area contributed by atoms with E-state index in [9.17, 15) is 9.59 Å². The van der Waals surface area contributed by atoms with Crippen LogP contribution in [0.25, 0.3) is 11.2 Å². The van der Waals surface area contributed by atoms with Crippen molar-refractivity contribution < 1.29 is 0 Å². The number of aryl methyl sites for hydroxylation is 1. The Morgan fingerprint density at radius 3 is 2.36 bits per heavy atom. The van der Waals surface area contributed by atoms with Crippen LogP contribution in [0.15, 0.2) is 64.2 Å². The molecular formula is C24H25ClN6O2. The Morgan fingerprint density at radius 1 is 0.939 bits per heavy atom. The number of hydrogen-bond acceptors (Lipinski definition) is 5. The van der Waals surface area contributed by atoms with Gasteiger partial charge >= 0.3 is 5.69 Å². The molecular weight excluding hydrogens is 440 g/mol. The van der Waals surface area contributed by atoms with Gasteiger partial charge in [-0.05, 0) is 17.2 Å². The Bertz CT molecular complexity index is 1400. The van der Waals surface area contributed by atoms with Crippen molar-refractivity contribution in [2.75, 3.05) is 31.1 Å². The van der Waals surface area contributed by atoms with Crippen molar-refractivity contribution in [1.82, 2.24) is 24.0 Å². The second kappa shape index (κ2) is 8.88. The highest BCUT2D eigenvalue weighted by atomic mass is 35.5. The number of fused-ring (bicyclic) bond motifs is 1. The number of aromatic amines is 1. The summed E-state index contributed by atoms with van der Waals surface area (Å²) >= 11 is 6.34. The topological polar surface area (TPSA) is 79.2 Å². The molecule has 0 unspecified atom stereocenters. The quantitative estimate of drug-likeness (QED) is 0.491. The minimum Gasteiger partial charge on any atom is -0.340 e. The summed E-state index contributed by atoms with van der Waals surface area (Å²) in [5.74, 6) is 0.706. The maximum Gasteiger partial charge on any atom is 0.329 e. The predicted molar refractivity (Wildman–Crippen MR) is 130 cm³/mol. The summed E-state index contributed by atoms with van der Waals surface area (Å²) in [6, 6.07) is 17.9. The van der Waals surface area contributed by atoms with Gasteiger partial charge in [0.15, 0.2) is 11.2 Å². The third-order valence-corrected chi connectivity index (χ3v) is 6.55. The summed E-state index contributed by atoms with van der Waals surface area (Å²) in [5, 5.41) is 0.782. The first-order valence-electron chi connectivity index (χ1n) is 11.0. The summed E-state index contributed by atoms with van der Waals surface area (Å²) < 4.78 is 3.32. The fourth-order valence-corrected chi connectivity index (χ4v) is 4.55. The molecule has 3 heterocycles. The van der Waals surface area contributed by atoms with Crippen LogP contribution in [0, 0.1) is 0 Å². The number of H-pyrrole nitrogens is 1. The molecule has 0 radical (unpaired) electrons. The Labute approximate surface area is 195 Å². The molecule has 1 aliphatic heterocycles. The van der Waals surface area contributed by atoms with Crippen LogP contribution < -0.4 is 16.1 Å². The van der Waals surface area contributed by atoms with Gasteiger partial charge in [-0.2, -0.15) is 4.98 Å². The molecule has 2 aromatic heterocycles. The van der Waals surface area contributed by atoms with Crippen LogP contribution in [0.1, 0.15) is 11.1 Å². The highest BCUT2D eigenvalue weighted by molar-refractivity contribution is 6.31. The average molecular weight is 465 g/mol. The number of anilines is 1. The van der Waals surface area contributed by atoms with E-state index in [0.717, 1.165) is 48.9 Å². The maximum absolute atomic E-state index is 12.8. The number of nitrogens with zero attached hydrogens (tertiary/aromatic N) is 5. The second-order valence-corrected chi connectivity index (χ2v) is 8.74. The number of nitrogens with one attached hydrogen (secondary N) is 1. The Balaban J connectivity index is 1.46. The largest absolute Gasteiger partial charge is 0.340 e. The van der Waals surface area contributed by atoms with E-state index in [1.165, 1.54) is 4.57 Å². The lowest BCUT2D eigenvalue weighted by molar-refractivity contribution is 0.248. The molecule has 9 heteroatoms. The molecule has 0 aliphatic carbocycles. The SMILES string of the molecule is Cn1c(=O)[nH]c(=O)c2c1nc(N1CCN(Cc3ccccc3Cl)CC1)n2Cc1ccccc1. The van der Waals surface area contributed by atoms with E-state index < -0.39 is 11.2 Å². The molecule has 5 rings (SSSR count). The van der Waals surface area contributed by atoms with Crippen LogP contribution in [-0.4, -0.2) is 50.2 Å². The first-order chi connectivity index (χ1) is 16.0. The fourth-order valence-electron chi connectivity index (χ4n) is 4.35. The van der Waals surface area contributed by atoms with Crippen LogP contribution in [0.4, 0.5) is 5.95 Å². The van der Waals surface area contributed by atoms with Gasteiger partial charge in [0.25, 0.3) is 5.56 Å². The van der Waals surface area contributed by atoms with E-state index in [0.29, 0.717) is 23.7 Å². The highest BCUT2D eigenvalue weighted by Crippen LogP contribution is 2.24. The molecule has 0 atom stereocenters. The van der Waals surface area contributed by atoms with E-state index >= 15 is 0 Å². The van der Waals surface area contributed by atoms with Crippen molar-refractivity contribution in [3.05, 3.63) is 91.6 Å². The van der Waals surface area contributed by atoms with Crippen LogP contribution >= 0.6 is 11.6 Å². The zero-order chi connectivity index (χ0) is 22.9. The molecule has 33 heavy (non-hydrogen) atoms. The number of benzene rings is 2. The molecule has 0 amide bonds. The van der Waals surface area contributed by atoms with E-state index in [1.54, 1.807) is 7.05 Å². The van der Waals surface area contributed by atoms with E-state index in [-0.39, 0.29) is 0 Å². The number of imidazole rings is 1. The fraction of sp³-hybridized carbons (Fsp3) is 0.292. The van der Waals surface area contributed by atoms with Gasteiger partial charge in [0.2, 0.25) is 5.95 Å². The van der Waals surface area contributed by atoms with Gasteiger partial charge in [0, 0.05) is 44.8 Å². The number of halogens is 1. The summed E-state index contributed by atoms with van der Waals surface area (Å²) in [6.45, 7) is 4.49. The van der Waals surface area contributed by atoms with Crippen molar-refractivity contribution in [2.45, 2.75) is 13.1 Å². The average Bonchev–Trinajstić information content (AvgIpc) is 3.20. The highest BCUT2D eigenvalue weighted by Gasteiger charge is 2.25. The molecule has 8 nitrogen and oxygen atoms in total. The molecule has 2 aromatic carbocycles. The van der Waals surface area contributed by atoms with E-state index in [4.69, 9.17) is 16.6 Å². The minimum atomic E-state index is -0.465. The summed E-state index contributed by atoms with van der Waals surface area (Å²) in [4.78, 5) is 36.7. The second-order valence-electron chi connectivity index (χ2n) is 8.33. The molecule has 0 saturated carbocycles. The van der Waals surface area contributed by atoms with Crippen LogP contribution in [-0.2, 0) is 20.1 Å². The molecule has 1 saturated heterocycles. The molecule has 1 aliphatic rings. The van der Waals surface area contributed by atoms with Gasteiger partial charge in [0.05, 0.1) is 6.54 Å². The lowest BCUT2D eigenvalue weighted by atomic mass is 10.2. The summed E-state index contributed by atoms with van der Waals surface area (Å²) in [7, 11) is 1.63. The van der Waals surface area contributed by atoms with Crippen LogP contribution in [0.3, 0.4) is 0 Å². The molecule has 0 bridgehead atoms. The van der Waals surface area contributed by atoms with Crippen molar-refractivity contribution in [2.24, 2.45) is 7.05 Å². The third-order valence-electron chi connectivity index (χ3n) is 6.18. The molecule has 1 fully saturated rings. The predicted octanol–water partition coefficient (Wildman–Crippen LogP) is 2.45. The summed E-state index contributed by atoms with van der Waals surface area (Å²) in [6.07, 6.45) is 0. The van der Waals surface area contributed by atoms with Gasteiger partial charge in [-0.3, -0.25) is 23.8 Å². The van der Waals surface area contributed by atoms with Crippen LogP contribution in [0.2, 0.25) is 5.02 Å². The third kappa shape index (κ3) is 4.19. The maximum atomic E-state index is 12.8. The lowest BCUT2D eigenvalue weighted by Crippen LogP contribution is -2.47. The lowest BCUT2D eigenvalue weighted by Gasteiger charge is -2.35. The van der Waals surface area contributed by atoms with Crippen molar-refractivity contribution in [3.63, 3.8) is 0 Å².